The molecule has 0 bridgehead atoms. The molecule has 0 saturated carbocycles. The maximum Gasteiger partial charge on any atom is 0.310 e. The molecule has 1 aromatic heterocycles. The van der Waals surface area contributed by atoms with E-state index in [1.54, 1.807) is 36.6 Å². The van der Waals surface area contributed by atoms with Gasteiger partial charge in [-0.25, -0.2) is 0 Å². The monoisotopic (exact) mass is 447 g/mol. The number of rotatable bonds is 4. The molecule has 0 amide bonds. The summed E-state index contributed by atoms with van der Waals surface area (Å²) in [7, 11) is 0. The van der Waals surface area contributed by atoms with Gasteiger partial charge in [0.1, 0.15) is 0 Å². The minimum Gasteiger partial charge on any atom is -0.493 e. The third-order valence-corrected chi connectivity index (χ3v) is 6.00. The summed E-state index contributed by atoms with van der Waals surface area (Å²) in [6, 6.07) is 9.32. The molecule has 1 N–H and O–H groups in total. The lowest BCUT2D eigenvalue weighted by Gasteiger charge is -2.05. The zero-order valence-electron chi connectivity index (χ0n) is 14.5. The van der Waals surface area contributed by atoms with Gasteiger partial charge in [0, 0.05) is 29.5 Å². The molecule has 0 atom stereocenters. The Kier molecular flexibility index (Phi) is 4.99. The number of benzene rings is 2. The number of nitrogens with zero attached hydrogens (tertiary/aromatic N) is 3. The van der Waals surface area contributed by atoms with Crippen LogP contribution in [0, 0.1) is 10.1 Å². The van der Waals surface area contributed by atoms with Crippen LogP contribution in [0.5, 0.6) is 5.88 Å². The third-order valence-electron chi connectivity index (χ3n) is 4.35. The van der Waals surface area contributed by atoms with Crippen LogP contribution >= 0.6 is 34.5 Å². The Hall–Kier alpha value is -2.94. The van der Waals surface area contributed by atoms with Gasteiger partial charge in [-0.05, 0) is 29.8 Å². The van der Waals surface area contributed by atoms with E-state index in [9.17, 15) is 20.0 Å². The molecule has 1 aliphatic rings. The highest BCUT2D eigenvalue weighted by atomic mass is 35.5. The molecule has 4 rings (SSSR count). The van der Waals surface area contributed by atoms with E-state index in [-0.39, 0.29) is 23.0 Å². The van der Waals surface area contributed by atoms with Crippen LogP contribution in [-0.4, -0.2) is 20.8 Å². The second-order valence-electron chi connectivity index (χ2n) is 6.21. The lowest BCUT2D eigenvalue weighted by atomic mass is 10.1. The first-order valence-corrected chi connectivity index (χ1v) is 9.82. The van der Waals surface area contributed by atoms with Crippen LogP contribution in [-0.2, 0) is 6.54 Å². The Labute approximate surface area is 177 Å². The topological polar surface area (TPSA) is 97.7 Å². The standard InChI is InChI=1S/C19H11Cl2N3O4S/c20-14-3-1-10(5-15(14)21)9-23-18(25)17(29-19(23)26)6-11-8-22-16-4-2-12(24(27)28)7-13(11)16/h1-8,25H,9H2. The molecule has 0 saturated heterocycles. The van der Waals surface area contributed by atoms with E-state index in [1.165, 1.54) is 16.7 Å². The molecule has 0 spiro atoms. The SMILES string of the molecule is O=c1sc(C=C2C=Nc3ccc([N+](=O)[O-])cc32)c(O)n1Cc1ccc(Cl)c(Cl)c1. The van der Waals surface area contributed by atoms with E-state index >= 15 is 0 Å². The van der Waals surface area contributed by atoms with Gasteiger partial charge in [0.15, 0.2) is 0 Å². The van der Waals surface area contributed by atoms with Crippen LogP contribution in [0.4, 0.5) is 11.4 Å². The molecule has 7 nitrogen and oxygen atoms in total. The number of aromatic nitrogens is 1. The summed E-state index contributed by atoms with van der Waals surface area (Å²) in [5.41, 5.74) is 2.37. The Morgan fingerprint density at radius 1 is 1.21 bits per heavy atom. The summed E-state index contributed by atoms with van der Waals surface area (Å²) in [4.78, 5) is 27.1. The summed E-state index contributed by atoms with van der Waals surface area (Å²) >= 11 is 12.8. The van der Waals surface area contributed by atoms with Crippen LogP contribution in [0.3, 0.4) is 0 Å². The van der Waals surface area contributed by atoms with Crippen molar-refractivity contribution >= 4 is 63.8 Å². The molecule has 0 radical (unpaired) electrons. The fraction of sp³-hybridized carbons (Fsp3) is 0.0526. The Bertz CT molecular complexity index is 1280. The van der Waals surface area contributed by atoms with E-state index in [0.717, 1.165) is 11.3 Å². The van der Waals surface area contributed by atoms with Gasteiger partial charge >= 0.3 is 4.87 Å². The summed E-state index contributed by atoms with van der Waals surface area (Å²) in [5, 5.41) is 22.3. The summed E-state index contributed by atoms with van der Waals surface area (Å²) in [5.74, 6) is -0.203. The number of hydrogen-bond acceptors (Lipinski definition) is 6. The number of fused-ring (bicyclic) bond motifs is 1. The molecule has 0 unspecified atom stereocenters. The Balaban J connectivity index is 1.70. The van der Waals surface area contributed by atoms with Gasteiger partial charge in [-0.2, -0.15) is 0 Å². The largest absolute Gasteiger partial charge is 0.493 e. The predicted molar refractivity (Wildman–Crippen MR) is 115 cm³/mol. The normalized spacial score (nSPS) is 13.8. The van der Waals surface area contributed by atoms with Gasteiger partial charge in [-0.3, -0.25) is 24.5 Å². The first-order chi connectivity index (χ1) is 13.8. The second-order valence-corrected chi connectivity index (χ2v) is 8.01. The van der Waals surface area contributed by atoms with E-state index in [2.05, 4.69) is 4.99 Å². The van der Waals surface area contributed by atoms with Crippen molar-refractivity contribution in [1.29, 1.82) is 0 Å². The van der Waals surface area contributed by atoms with E-state index < -0.39 is 4.92 Å². The van der Waals surface area contributed by atoms with E-state index in [0.29, 0.717) is 37.3 Å². The molecule has 29 heavy (non-hydrogen) atoms. The maximum atomic E-state index is 12.4. The van der Waals surface area contributed by atoms with Crippen molar-refractivity contribution in [1.82, 2.24) is 4.57 Å². The van der Waals surface area contributed by atoms with Crippen molar-refractivity contribution in [2.24, 2.45) is 4.99 Å². The zero-order valence-corrected chi connectivity index (χ0v) is 16.8. The highest BCUT2D eigenvalue weighted by Gasteiger charge is 2.19. The first kappa shape index (κ1) is 19.4. The maximum absolute atomic E-state index is 12.4. The van der Waals surface area contributed by atoms with Gasteiger partial charge in [0.05, 0.1) is 32.1 Å². The summed E-state index contributed by atoms with van der Waals surface area (Å²) < 4.78 is 1.22. The van der Waals surface area contributed by atoms with Crippen molar-refractivity contribution in [2.45, 2.75) is 6.54 Å². The molecule has 10 heteroatoms. The van der Waals surface area contributed by atoms with Crippen molar-refractivity contribution in [3.05, 3.63) is 82.2 Å². The van der Waals surface area contributed by atoms with Crippen molar-refractivity contribution in [3.8, 4) is 5.88 Å². The van der Waals surface area contributed by atoms with Crippen LogP contribution in [0.25, 0.3) is 11.6 Å². The average molecular weight is 448 g/mol. The van der Waals surface area contributed by atoms with Gasteiger partial charge in [0.2, 0.25) is 5.88 Å². The molecule has 0 fully saturated rings. The molecule has 0 aliphatic carbocycles. The van der Waals surface area contributed by atoms with Crippen LogP contribution < -0.4 is 4.87 Å². The number of aromatic hydroxyl groups is 1. The zero-order chi connectivity index (χ0) is 20.7. The smallest absolute Gasteiger partial charge is 0.310 e. The minimum atomic E-state index is -0.486. The van der Waals surface area contributed by atoms with Gasteiger partial charge in [0.25, 0.3) is 5.69 Å². The lowest BCUT2D eigenvalue weighted by molar-refractivity contribution is -0.384. The fourth-order valence-corrected chi connectivity index (χ4v) is 4.07. The van der Waals surface area contributed by atoms with Gasteiger partial charge in [-0.15, -0.1) is 0 Å². The number of aliphatic imine (C=N–C) groups is 1. The highest BCUT2D eigenvalue weighted by molar-refractivity contribution is 7.10. The lowest BCUT2D eigenvalue weighted by Crippen LogP contribution is -2.13. The van der Waals surface area contributed by atoms with Crippen LogP contribution in [0.15, 0.2) is 46.2 Å². The highest BCUT2D eigenvalue weighted by Crippen LogP contribution is 2.37. The second kappa shape index (κ2) is 7.47. The summed E-state index contributed by atoms with van der Waals surface area (Å²) in [6.45, 7) is 0.122. The van der Waals surface area contributed by atoms with Crippen molar-refractivity contribution in [3.63, 3.8) is 0 Å². The van der Waals surface area contributed by atoms with E-state index in [1.807, 2.05) is 0 Å². The predicted octanol–water partition coefficient (Wildman–Crippen LogP) is 5.14. The molecule has 2 aromatic carbocycles. The Morgan fingerprint density at radius 3 is 2.72 bits per heavy atom. The van der Waals surface area contributed by atoms with Gasteiger partial charge in [-0.1, -0.05) is 40.6 Å². The van der Waals surface area contributed by atoms with Crippen molar-refractivity contribution in [2.75, 3.05) is 0 Å². The molecule has 1 aliphatic heterocycles. The van der Waals surface area contributed by atoms with Gasteiger partial charge < -0.3 is 5.11 Å². The molecule has 146 valence electrons. The number of thiazole rings is 1. The molecule has 3 aromatic rings. The number of hydrogen-bond donors (Lipinski definition) is 1. The number of allylic oxidation sites excluding steroid dienone is 1. The molecule has 2 heterocycles. The van der Waals surface area contributed by atoms with Crippen molar-refractivity contribution < 1.29 is 10.0 Å². The minimum absolute atomic E-state index is 0.0604. The first-order valence-electron chi connectivity index (χ1n) is 8.24. The van der Waals surface area contributed by atoms with Crippen LogP contribution in [0.1, 0.15) is 16.0 Å². The molecular formula is C19H11Cl2N3O4S. The number of nitro groups is 1. The Morgan fingerprint density at radius 2 is 2.00 bits per heavy atom. The number of nitro benzene ring substituents is 1. The number of non-ortho nitro benzene ring substituents is 1. The average Bonchev–Trinajstić information content (AvgIpc) is 3.20. The fourth-order valence-electron chi connectivity index (χ4n) is 2.91. The quantitative estimate of drug-likeness (QED) is 0.442. The summed E-state index contributed by atoms with van der Waals surface area (Å²) in [6.07, 6.45) is 3.13. The van der Waals surface area contributed by atoms with Crippen LogP contribution in [0.2, 0.25) is 10.0 Å². The number of halogens is 2. The van der Waals surface area contributed by atoms with E-state index in [4.69, 9.17) is 23.2 Å². The third kappa shape index (κ3) is 3.69. The molecular weight excluding hydrogens is 437 g/mol.